The average molecular weight is 1770 g/mol. The Hall–Kier alpha value is -12.8. The van der Waals surface area contributed by atoms with Crippen molar-refractivity contribution in [3.63, 3.8) is 0 Å². The lowest BCUT2D eigenvalue weighted by Gasteiger charge is -2.21. The Balaban J connectivity index is 0.000000146. The Morgan fingerprint density at radius 2 is 0.504 bits per heavy atom. The fraction of sp³-hybridized carbons (Fsp3) is 0.325. The third kappa shape index (κ3) is 20.4. The summed E-state index contributed by atoms with van der Waals surface area (Å²) in [6.07, 6.45) is 12.8. The summed E-state index contributed by atoms with van der Waals surface area (Å²) in [5.41, 5.74) is 34.1. The average Bonchev–Trinajstić information content (AvgIpc) is 1.59. The molecule has 17 aromatic rings. The van der Waals surface area contributed by atoms with E-state index in [0.717, 1.165) is 73.0 Å². The van der Waals surface area contributed by atoms with Crippen LogP contribution in [0.3, 0.4) is 0 Å². The first kappa shape index (κ1) is 90.7. The smallest absolute Gasteiger partial charge is 0.232 e. The fourth-order valence-corrected chi connectivity index (χ4v) is 18.9. The highest BCUT2D eigenvalue weighted by molar-refractivity contribution is 5.82. The maximum atomic E-state index is 8.95. The predicted molar refractivity (Wildman–Crippen MR) is 561 cm³/mol. The van der Waals surface area contributed by atoms with Gasteiger partial charge in [0.15, 0.2) is 22.1 Å². The van der Waals surface area contributed by atoms with Crippen molar-refractivity contribution in [1.82, 2.24) is 22.8 Å². The molecule has 0 radical (unpaired) electrons. The van der Waals surface area contributed by atoms with Crippen LogP contribution in [0, 0.1) is 34.6 Å². The van der Waals surface area contributed by atoms with Crippen molar-refractivity contribution in [1.29, 1.82) is 0 Å². The van der Waals surface area contributed by atoms with Gasteiger partial charge in [-0.1, -0.05) is 333 Å². The SMILES string of the molecule is Cc1ccccc1-c1n(-c2c(C(C)C)cc(C(C)C)cc2C(C)C)cc[n+]1C.Cc1ccccc1-c1n(-c2c(C(C)C)cccc2C(C)C)cc[n+]1C.Cc1ccccc1-c1n(-c2ccccc2)c2ccccc2[n+]1C.[2H]C(C)(C)c1cc(C([2H])(C)C)c(-n2cc[n+](C)c2-c2ccccc2C)c(C([2H])(C)C)c1.[2H]C(C)(C)c1cccc(C([2H])(C)C)c1-n1c(-c2ccccc2C)[n+](C)c2ccccc21. The number of hydrogen-bond acceptors (Lipinski definition) is 0. The van der Waals surface area contributed by atoms with E-state index in [1.165, 1.54) is 118 Å². The first-order valence-corrected chi connectivity index (χ1v) is 47.8. The molecule has 10 heteroatoms. The topological polar surface area (TPSA) is 44.0 Å². The Morgan fingerprint density at radius 3 is 0.820 bits per heavy atom. The zero-order valence-electron chi connectivity index (χ0n) is 90.1. The van der Waals surface area contributed by atoms with E-state index in [2.05, 4.69) is 421 Å². The fourth-order valence-electron chi connectivity index (χ4n) is 18.9. The van der Waals surface area contributed by atoms with E-state index >= 15 is 0 Å². The molecule has 0 amide bonds. The van der Waals surface area contributed by atoms with Gasteiger partial charge in [0.2, 0.25) is 0 Å². The molecule has 0 aliphatic carbocycles. The molecule has 133 heavy (non-hydrogen) atoms. The summed E-state index contributed by atoms with van der Waals surface area (Å²) in [5, 5.41) is 0. The van der Waals surface area contributed by atoms with Crippen LogP contribution < -0.4 is 22.8 Å². The molecule has 686 valence electrons. The number of benzene rings is 12. The lowest BCUT2D eigenvalue weighted by molar-refractivity contribution is -0.659. The molecule has 0 spiro atoms. The molecule has 0 unspecified atom stereocenters. The van der Waals surface area contributed by atoms with Gasteiger partial charge >= 0.3 is 0 Å². The highest BCUT2D eigenvalue weighted by Crippen LogP contribution is 2.43. The van der Waals surface area contributed by atoms with E-state index in [0.29, 0.717) is 29.6 Å². The quantitative estimate of drug-likeness (QED) is 0.0683. The Bertz CT molecular complexity index is 7080. The van der Waals surface area contributed by atoms with Gasteiger partial charge in [0.1, 0.15) is 65.6 Å². The maximum Gasteiger partial charge on any atom is 0.295 e. The van der Waals surface area contributed by atoms with Crippen LogP contribution in [0.1, 0.15) is 288 Å². The first-order chi connectivity index (χ1) is 65.0. The standard InChI is InChI=1S/C27H31N2.2C26H35N2.C23H29N2.C21H19N2/c1-18(2)21-14-11-15-22(19(3)4)26(21)29-25-17-10-9-16-24(25)28(6)27(29)23-13-8-7-12-20(23)5;2*1-17(2)21-15-23(18(3)4)25(24(16-21)19(5)6)28-14-13-27(8)26(28)22-12-10-9-11-20(22)7;1-16(2)19-12-9-13-20(17(3)4)22(19)25-15-14-24(6)23(25)21-11-8-7-10-18(21)5;1-16-10-6-7-13-18(16)21-22(2)19-14-8-9-15-20(19)23(21)17-11-4-3-5-12-17/h7-19H,1-6H3;2*9-19H,1-8H3;7-17H,1-6H3;3-15H,1-2H3/q5*+1/i18D,19D;17D,18D,19D;;;. The van der Waals surface area contributed by atoms with Crippen LogP contribution in [0.15, 0.2) is 298 Å². The van der Waals surface area contributed by atoms with Gasteiger partial charge in [0.05, 0.1) is 63.1 Å². The highest BCUT2D eigenvalue weighted by Gasteiger charge is 2.35. The van der Waals surface area contributed by atoms with Crippen LogP contribution in [-0.4, -0.2) is 22.8 Å². The molecular weight excluding hydrogens is 1620 g/mol. The molecule has 0 saturated carbocycles. The molecule has 0 N–H and O–H groups in total. The molecule has 0 saturated heterocycles. The normalized spacial score (nSPS) is 12.5. The van der Waals surface area contributed by atoms with Crippen LogP contribution in [0.25, 0.3) is 107 Å². The highest BCUT2D eigenvalue weighted by atomic mass is 15.2. The number of nitrogens with zero attached hydrogens (tertiary/aromatic N) is 10. The Kier molecular flexibility index (Phi) is 28.9. The predicted octanol–water partition coefficient (Wildman–Crippen LogP) is 29.9. The first-order valence-electron chi connectivity index (χ1n) is 50.3. The second kappa shape index (κ2) is 42.4. The molecule has 0 aliphatic rings. The van der Waals surface area contributed by atoms with Crippen LogP contribution in [0.5, 0.6) is 0 Å². The molecule has 17 rings (SSSR count). The van der Waals surface area contributed by atoms with Crippen molar-refractivity contribution in [2.75, 3.05) is 0 Å². The minimum atomic E-state index is -0.900. The summed E-state index contributed by atoms with van der Waals surface area (Å²) in [6.45, 7) is 52.6. The molecule has 10 nitrogen and oxygen atoms in total. The van der Waals surface area contributed by atoms with Gasteiger partial charge in [0, 0.05) is 51.4 Å². The Morgan fingerprint density at radius 1 is 0.233 bits per heavy atom. The zero-order chi connectivity index (χ0) is 100. The van der Waals surface area contributed by atoms with Gasteiger partial charge in [-0.2, -0.15) is 22.8 Å². The van der Waals surface area contributed by atoms with Crippen molar-refractivity contribution in [2.24, 2.45) is 35.2 Å². The summed E-state index contributed by atoms with van der Waals surface area (Å²) in [7, 11) is 10.5. The number of para-hydroxylation sites is 7. The number of aryl methyl sites for hydroxylation is 10. The van der Waals surface area contributed by atoms with Crippen LogP contribution in [0.2, 0.25) is 0 Å². The van der Waals surface area contributed by atoms with Gasteiger partial charge in [-0.15, -0.1) is 0 Å². The van der Waals surface area contributed by atoms with Crippen molar-refractivity contribution in [2.45, 2.75) is 232 Å². The third-order valence-electron chi connectivity index (χ3n) is 26.2. The van der Waals surface area contributed by atoms with E-state index in [4.69, 9.17) is 6.85 Å². The van der Waals surface area contributed by atoms with E-state index in [9.17, 15) is 0 Å². The summed E-state index contributed by atoms with van der Waals surface area (Å²) >= 11 is 0. The second-order valence-electron chi connectivity index (χ2n) is 38.9. The van der Waals surface area contributed by atoms with Gasteiger partial charge in [0.25, 0.3) is 29.1 Å². The van der Waals surface area contributed by atoms with E-state index < -0.39 is 29.5 Å². The number of imidazole rings is 5. The zero-order valence-corrected chi connectivity index (χ0v) is 85.1. The molecule has 5 heterocycles. The van der Waals surface area contributed by atoms with Crippen molar-refractivity contribution >= 4 is 22.1 Å². The summed E-state index contributed by atoms with van der Waals surface area (Å²) in [4.78, 5) is 0. The van der Waals surface area contributed by atoms with Gasteiger partial charge in [-0.3, -0.25) is 0 Å². The number of rotatable bonds is 20. The van der Waals surface area contributed by atoms with E-state index in [1.54, 1.807) is 0 Å². The molecule has 12 aromatic carbocycles. The van der Waals surface area contributed by atoms with Crippen molar-refractivity contribution in [3.8, 4) is 85.4 Å². The van der Waals surface area contributed by atoms with E-state index in [1.807, 2.05) is 131 Å². The molecule has 0 atom stereocenters. The second-order valence-corrected chi connectivity index (χ2v) is 38.9. The molecular formula is C123H149N10+5. The van der Waals surface area contributed by atoms with Crippen LogP contribution in [0.4, 0.5) is 0 Å². The third-order valence-corrected chi connectivity index (χ3v) is 26.2. The summed E-state index contributed by atoms with van der Waals surface area (Å²) < 4.78 is 67.0. The minimum Gasteiger partial charge on any atom is -0.232 e. The van der Waals surface area contributed by atoms with Gasteiger partial charge in [-0.05, 0) is 199 Å². The monoisotopic (exact) mass is 1770 g/mol. The largest absolute Gasteiger partial charge is 0.295 e. The van der Waals surface area contributed by atoms with Crippen LogP contribution >= 0.6 is 0 Å². The lowest BCUT2D eigenvalue weighted by atomic mass is 9.87. The number of fused-ring (bicyclic) bond motifs is 2. The van der Waals surface area contributed by atoms with E-state index in [-0.39, 0.29) is 0 Å². The molecule has 0 fully saturated rings. The lowest BCUT2D eigenvalue weighted by Crippen LogP contribution is -2.30. The van der Waals surface area contributed by atoms with Crippen molar-refractivity contribution in [3.05, 3.63) is 381 Å². The number of hydrogen-bond donors (Lipinski definition) is 0. The maximum absolute atomic E-state index is 8.95. The molecule has 5 aromatic heterocycles. The Labute approximate surface area is 803 Å². The van der Waals surface area contributed by atoms with Crippen LogP contribution in [-0.2, 0) is 35.2 Å². The number of aromatic nitrogens is 10. The van der Waals surface area contributed by atoms with Crippen molar-refractivity contribution < 1.29 is 29.7 Å². The summed E-state index contributed by atoms with van der Waals surface area (Å²) in [6, 6.07) is 91.7. The van der Waals surface area contributed by atoms with Gasteiger partial charge in [-0.25, -0.2) is 22.8 Å². The van der Waals surface area contributed by atoms with Gasteiger partial charge < -0.3 is 0 Å². The molecule has 0 bridgehead atoms. The summed E-state index contributed by atoms with van der Waals surface area (Å²) in [5.74, 6) is 3.89. The minimum absolute atomic E-state index is 0.462. The molecule has 0 aliphatic heterocycles.